The summed E-state index contributed by atoms with van der Waals surface area (Å²) in [5, 5.41) is 0. The first-order chi connectivity index (χ1) is 5.70. The van der Waals surface area contributed by atoms with E-state index >= 15 is 0 Å². The van der Waals surface area contributed by atoms with E-state index in [9.17, 15) is 9.59 Å². The van der Waals surface area contributed by atoms with Gasteiger partial charge in [0.2, 0.25) is 0 Å². The summed E-state index contributed by atoms with van der Waals surface area (Å²) in [6, 6.07) is 0. The average Bonchev–Trinajstić information content (AvgIpc) is 2.11. The Balaban J connectivity index is 3.21. The first kappa shape index (κ1) is 10.8. The zero-order chi connectivity index (χ0) is 9.40. The highest BCUT2D eigenvalue weighted by molar-refractivity contribution is 6.12. The molecule has 70 valence electrons. The van der Waals surface area contributed by atoms with E-state index < -0.39 is 12.3 Å². The number of hydroxylamine groups is 1. The molecule has 0 aliphatic heterocycles. The van der Waals surface area contributed by atoms with E-state index in [-0.39, 0.29) is 6.73 Å². The number of hydrogen-bond donors (Lipinski definition) is 1. The number of rotatable bonds is 3. The maximum absolute atomic E-state index is 10.2. The van der Waals surface area contributed by atoms with Crippen LogP contribution in [0.3, 0.4) is 0 Å². The monoisotopic (exact) mass is 199 g/mol. The minimum atomic E-state index is -1.16. The third-order valence-electron chi connectivity index (χ3n) is 0.634. The lowest BCUT2D eigenvalue weighted by molar-refractivity contribution is -0.00658. The molecule has 0 saturated heterocycles. The normalized spacial score (nSPS) is 8.50. The highest BCUT2D eigenvalue weighted by atomic mass is 35.5. The van der Waals surface area contributed by atoms with Gasteiger partial charge in [-0.15, -0.1) is 5.48 Å². The van der Waals surface area contributed by atoms with Crippen molar-refractivity contribution in [3.63, 3.8) is 0 Å². The largest absolute Gasteiger partial charge is 0.546 e. The predicted molar refractivity (Wildman–Crippen MR) is 34.9 cm³/mol. The second-order valence-electron chi connectivity index (χ2n) is 1.32. The summed E-state index contributed by atoms with van der Waals surface area (Å²) in [6.07, 6.45) is -2.07. The Labute approximate surface area is 72.6 Å². The smallest absolute Gasteiger partial charge is 0.438 e. The molecule has 0 aliphatic carbocycles. The van der Waals surface area contributed by atoms with Crippen molar-refractivity contribution in [3.8, 4) is 0 Å². The molecule has 0 atom stereocenters. The molecule has 1 N–H and O–H groups in total. The minimum absolute atomic E-state index is 0.362. The number of carbonyl (C=O) groups excluding carboxylic acids is 2. The van der Waals surface area contributed by atoms with Crippen LogP contribution in [-0.4, -0.2) is 26.2 Å². The Hall–Kier alpha value is -1.21. The van der Waals surface area contributed by atoms with Crippen LogP contribution in [-0.2, 0) is 18.6 Å². The van der Waals surface area contributed by atoms with Crippen molar-refractivity contribution in [1.29, 1.82) is 0 Å². The molecular formula is C4H6ClNO6. The van der Waals surface area contributed by atoms with Gasteiger partial charge >= 0.3 is 12.3 Å². The molecule has 0 aromatic carbocycles. The molecule has 0 aromatic heterocycles. The molecule has 0 radical (unpaired) electrons. The average molecular weight is 200 g/mol. The van der Waals surface area contributed by atoms with Crippen LogP contribution in [0.15, 0.2) is 0 Å². The van der Waals surface area contributed by atoms with Gasteiger partial charge in [0, 0.05) is 0 Å². The third kappa shape index (κ3) is 5.57. The third-order valence-corrected chi connectivity index (χ3v) is 0.760. The molecule has 0 heterocycles. The van der Waals surface area contributed by atoms with Gasteiger partial charge in [-0.3, -0.25) is 0 Å². The quantitative estimate of drug-likeness (QED) is 0.307. The molecule has 0 aliphatic rings. The number of hydrogen-bond acceptors (Lipinski definition) is 7. The summed E-state index contributed by atoms with van der Waals surface area (Å²) < 4.78 is 11.9. The van der Waals surface area contributed by atoms with Gasteiger partial charge in [-0.2, -0.15) is 0 Å². The Kier molecular flexibility index (Phi) is 5.84. The standard InChI is InChI=1S/C4H6ClNO6/c1-9-3(7)10-2-6-12-4(8)11-5/h6H,2H2,1H3. The van der Waals surface area contributed by atoms with Crippen molar-refractivity contribution < 1.29 is 28.2 Å². The molecule has 8 heteroatoms. The number of carbonyl (C=O) groups is 2. The number of nitrogens with one attached hydrogen (secondary N) is 1. The first-order valence-electron chi connectivity index (χ1n) is 2.63. The molecule has 7 nitrogen and oxygen atoms in total. The van der Waals surface area contributed by atoms with Gasteiger partial charge in [0.15, 0.2) is 6.73 Å². The lowest BCUT2D eigenvalue weighted by Crippen LogP contribution is -2.23. The van der Waals surface area contributed by atoms with Gasteiger partial charge in [0.1, 0.15) is 11.9 Å². The summed E-state index contributed by atoms with van der Waals surface area (Å²) in [5.74, 6) is 0. The summed E-state index contributed by atoms with van der Waals surface area (Å²) in [5.41, 5.74) is 1.92. The highest BCUT2D eigenvalue weighted by Gasteiger charge is 2.03. The number of ether oxygens (including phenoxy) is 2. The van der Waals surface area contributed by atoms with E-state index in [2.05, 4.69) is 30.5 Å². The van der Waals surface area contributed by atoms with Crippen LogP contribution in [0.5, 0.6) is 0 Å². The van der Waals surface area contributed by atoms with E-state index in [4.69, 9.17) is 0 Å². The van der Waals surface area contributed by atoms with Gasteiger partial charge in [0.05, 0.1) is 7.11 Å². The molecule has 12 heavy (non-hydrogen) atoms. The highest BCUT2D eigenvalue weighted by Crippen LogP contribution is 1.85. The molecule has 0 bridgehead atoms. The fourth-order valence-electron chi connectivity index (χ4n) is 0.251. The van der Waals surface area contributed by atoms with Crippen molar-refractivity contribution in [2.75, 3.05) is 13.8 Å². The summed E-state index contributed by atoms with van der Waals surface area (Å²) in [4.78, 5) is 24.4. The fraction of sp³-hybridized carbons (Fsp3) is 0.500. The van der Waals surface area contributed by atoms with Crippen molar-refractivity contribution in [2.45, 2.75) is 0 Å². The Morgan fingerprint density at radius 3 is 2.58 bits per heavy atom. The van der Waals surface area contributed by atoms with Gasteiger partial charge in [-0.25, -0.2) is 9.59 Å². The van der Waals surface area contributed by atoms with E-state index in [0.717, 1.165) is 7.11 Å². The van der Waals surface area contributed by atoms with Crippen LogP contribution in [0.25, 0.3) is 0 Å². The summed E-state index contributed by atoms with van der Waals surface area (Å²) in [7, 11) is 1.14. The van der Waals surface area contributed by atoms with Crippen LogP contribution in [0.4, 0.5) is 9.59 Å². The molecule has 0 amide bonds. The maximum Gasteiger partial charge on any atom is 0.546 e. The van der Waals surface area contributed by atoms with Crippen LogP contribution in [0, 0.1) is 0 Å². The van der Waals surface area contributed by atoms with E-state index in [0.29, 0.717) is 0 Å². The number of methoxy groups -OCH3 is 1. The molecule has 0 unspecified atom stereocenters. The van der Waals surface area contributed by atoms with Crippen molar-refractivity contribution >= 4 is 24.2 Å². The topological polar surface area (TPSA) is 83.1 Å². The van der Waals surface area contributed by atoms with Gasteiger partial charge in [-0.1, -0.05) is 0 Å². The Morgan fingerprint density at radius 1 is 1.42 bits per heavy atom. The summed E-state index contributed by atoms with van der Waals surface area (Å²) in [6.45, 7) is -0.362. The molecule has 0 spiro atoms. The van der Waals surface area contributed by atoms with Crippen LogP contribution in [0.1, 0.15) is 0 Å². The number of halogens is 1. The molecule has 0 rings (SSSR count). The second kappa shape index (κ2) is 6.50. The van der Waals surface area contributed by atoms with E-state index in [1.54, 1.807) is 0 Å². The Morgan fingerprint density at radius 2 is 2.08 bits per heavy atom. The van der Waals surface area contributed by atoms with E-state index in [1.165, 1.54) is 0 Å². The van der Waals surface area contributed by atoms with Crippen LogP contribution in [0.2, 0.25) is 0 Å². The second-order valence-corrected chi connectivity index (χ2v) is 1.47. The van der Waals surface area contributed by atoms with Gasteiger partial charge in [0.25, 0.3) is 0 Å². The molecule has 0 saturated carbocycles. The zero-order valence-corrected chi connectivity index (χ0v) is 6.79. The lowest BCUT2D eigenvalue weighted by Gasteiger charge is -2.03. The van der Waals surface area contributed by atoms with E-state index in [1.807, 2.05) is 5.48 Å². The SMILES string of the molecule is COC(=O)OCNOC(=O)OCl. The van der Waals surface area contributed by atoms with Crippen LogP contribution < -0.4 is 5.48 Å². The van der Waals surface area contributed by atoms with Crippen molar-refractivity contribution in [1.82, 2.24) is 5.48 Å². The molecule has 0 fully saturated rings. The molecular weight excluding hydrogens is 193 g/mol. The fourth-order valence-corrected chi connectivity index (χ4v) is 0.283. The maximum atomic E-state index is 10.2. The van der Waals surface area contributed by atoms with Gasteiger partial charge in [-0.05, 0) is 0 Å². The van der Waals surface area contributed by atoms with Crippen molar-refractivity contribution in [2.24, 2.45) is 0 Å². The Bertz CT molecular complexity index is 144. The minimum Gasteiger partial charge on any atom is -0.438 e. The van der Waals surface area contributed by atoms with Crippen LogP contribution >= 0.6 is 11.9 Å². The molecule has 0 aromatic rings. The zero-order valence-electron chi connectivity index (χ0n) is 6.03. The van der Waals surface area contributed by atoms with Crippen molar-refractivity contribution in [3.05, 3.63) is 0 Å². The summed E-state index contributed by atoms with van der Waals surface area (Å²) >= 11 is 4.57. The first-order valence-corrected chi connectivity index (χ1v) is 2.94. The lowest BCUT2D eigenvalue weighted by atomic mass is 11.2. The van der Waals surface area contributed by atoms with Gasteiger partial charge < -0.3 is 18.6 Å². The predicted octanol–water partition coefficient (Wildman–Crippen LogP) is 0.538.